The molecule has 0 fully saturated rings. The molecule has 2 aliphatic carbocycles. The maximum Gasteiger partial charge on any atom is 0.573 e. The van der Waals surface area contributed by atoms with Crippen LogP contribution in [-0.2, 0) is 35.6 Å². The van der Waals surface area contributed by atoms with Crippen LogP contribution in [0.25, 0.3) is 4.95 Å². The number of urea groups is 1. The third-order valence-electron chi connectivity index (χ3n) is 5.46. The molecule has 32 heavy (non-hydrogen) atoms. The number of nitrogens with one attached hydrogen (secondary N) is 2. The van der Waals surface area contributed by atoms with E-state index in [1.54, 1.807) is 0 Å². The molecule has 0 heterocycles. The highest BCUT2D eigenvalue weighted by molar-refractivity contribution is 7.92. The Bertz CT molecular complexity index is 1210. The highest BCUT2D eigenvalue weighted by atomic mass is 32.2. The van der Waals surface area contributed by atoms with E-state index in [2.05, 4.69) is 30.3 Å². The second-order valence-electron chi connectivity index (χ2n) is 7.52. The first-order valence-corrected chi connectivity index (χ1v) is 11.4. The van der Waals surface area contributed by atoms with Crippen molar-refractivity contribution >= 4 is 21.6 Å². The highest BCUT2D eigenvalue weighted by Gasteiger charge is 2.32. The zero-order valence-corrected chi connectivity index (χ0v) is 17.6. The second-order valence-corrected chi connectivity index (χ2v) is 9.41. The summed E-state index contributed by atoms with van der Waals surface area (Å²) in [6.07, 6.45) is 0.487. The number of carbonyl (C=O) groups is 1. The first-order chi connectivity index (χ1) is 15.2. The Labute approximate surface area is 183 Å². The minimum absolute atomic E-state index is 0.283. The lowest BCUT2D eigenvalue weighted by atomic mass is 9.99. The Kier molecular flexibility index (Phi) is 5.73. The minimum Gasteiger partial charge on any atom is -0.406 e. The summed E-state index contributed by atoms with van der Waals surface area (Å²) < 4.78 is 60.3. The van der Waals surface area contributed by atoms with Crippen molar-refractivity contribution in [2.45, 2.75) is 49.8 Å². The summed E-state index contributed by atoms with van der Waals surface area (Å²) in [5.41, 5.74) is 5.17. The van der Waals surface area contributed by atoms with Gasteiger partial charge in [-0.3, -0.25) is 0 Å². The third-order valence-corrected chi connectivity index (χ3v) is 7.12. The Balaban J connectivity index is 1.63. The second kappa shape index (κ2) is 8.35. The van der Waals surface area contributed by atoms with E-state index in [0.29, 0.717) is 5.69 Å². The number of hydrogen-bond donors (Lipinski definition) is 2. The van der Waals surface area contributed by atoms with Crippen LogP contribution in [0.1, 0.15) is 35.1 Å². The van der Waals surface area contributed by atoms with Crippen molar-refractivity contribution < 1.29 is 26.9 Å². The van der Waals surface area contributed by atoms with Crippen LogP contribution in [0.4, 0.5) is 23.7 Å². The molecular weight excluding hydrogens is 445 g/mol. The average molecular weight is 464 g/mol. The van der Waals surface area contributed by atoms with Gasteiger partial charge in [-0.15, -0.1) is 18.1 Å². The number of alkyl halides is 3. The van der Waals surface area contributed by atoms with Gasteiger partial charge in [0.25, 0.3) is 0 Å². The summed E-state index contributed by atoms with van der Waals surface area (Å²) in [6, 6.07) is 5.58. The van der Waals surface area contributed by atoms with E-state index >= 15 is 0 Å². The predicted octanol–water partition coefficient (Wildman–Crippen LogP) is 4.96. The van der Waals surface area contributed by atoms with Crippen LogP contribution in [0, 0.1) is 6.57 Å². The van der Waals surface area contributed by atoms with Gasteiger partial charge in [0.15, 0.2) is 4.47 Å². The topological polar surface area (TPSA) is 84.2 Å². The molecule has 0 spiro atoms. The molecule has 0 saturated carbocycles. The van der Waals surface area contributed by atoms with E-state index in [-0.39, 0.29) is 4.90 Å². The molecule has 2 amide bonds. The van der Waals surface area contributed by atoms with E-state index in [0.717, 1.165) is 61.8 Å². The quantitative estimate of drug-likeness (QED) is 0.496. The number of aryl methyl sites for hydroxylation is 2. The molecule has 1 atom stereocenters. The number of carbonyl (C=O) groups excluding carboxylic acids is 1. The average Bonchev–Trinajstić information content (AvgIpc) is 3.36. The van der Waals surface area contributed by atoms with Gasteiger partial charge < -0.3 is 10.1 Å². The number of benzene rings is 2. The molecule has 4 rings (SSSR count). The molecule has 2 N–H and O–H groups in total. The van der Waals surface area contributed by atoms with Gasteiger partial charge in [-0.1, -0.05) is 12.1 Å². The van der Waals surface area contributed by atoms with Crippen molar-refractivity contribution in [1.82, 2.24) is 4.72 Å². The molecule has 2 aromatic rings. The molecule has 7 nitrogen and oxygen atoms in total. The van der Waals surface area contributed by atoms with Crippen molar-refractivity contribution in [2.24, 2.45) is 4.47 Å². The number of anilines is 1. The Morgan fingerprint density at radius 1 is 1.09 bits per heavy atom. The molecule has 0 aromatic heterocycles. The molecule has 2 aromatic carbocycles. The van der Waals surface area contributed by atoms with Gasteiger partial charge in [0.2, 0.25) is 9.92 Å². The summed E-state index contributed by atoms with van der Waals surface area (Å²) >= 11 is 0. The molecule has 0 aliphatic heterocycles. The molecule has 2 aliphatic rings. The lowest BCUT2D eigenvalue weighted by molar-refractivity contribution is -0.274. The number of amides is 2. The Morgan fingerprint density at radius 3 is 2.34 bits per heavy atom. The number of hydrogen-bond acceptors (Lipinski definition) is 4. The standard InChI is InChI=1S/C21H19F3N4O3S/c1-25-28-32(30,16-8-4-7-15(12-16)31-21(22,23)24)27-20(29)26-19-17-9-2-5-13(17)11-14-6-3-10-18(14)19/h4,7-8,11-12H,2-3,5-6,9-10H2,(H2,26,27,28,29,30). The van der Waals surface area contributed by atoms with Gasteiger partial charge in [0.1, 0.15) is 5.75 Å². The predicted molar refractivity (Wildman–Crippen MR) is 111 cm³/mol. The van der Waals surface area contributed by atoms with E-state index in [1.807, 2.05) is 0 Å². The fourth-order valence-corrected chi connectivity index (χ4v) is 5.47. The van der Waals surface area contributed by atoms with Crippen molar-refractivity contribution in [2.75, 3.05) is 5.32 Å². The summed E-state index contributed by atoms with van der Waals surface area (Å²) in [5.74, 6) is -0.635. The van der Waals surface area contributed by atoms with Crippen LogP contribution in [0.15, 0.2) is 39.7 Å². The van der Waals surface area contributed by atoms with Crippen molar-refractivity contribution in [1.29, 1.82) is 0 Å². The normalized spacial score (nSPS) is 16.3. The minimum atomic E-state index is -4.95. The van der Waals surface area contributed by atoms with Crippen LogP contribution in [0.3, 0.4) is 0 Å². The van der Waals surface area contributed by atoms with Gasteiger partial charge >= 0.3 is 12.4 Å². The summed E-state index contributed by atoms with van der Waals surface area (Å²) in [7, 11) is -3.88. The molecular formula is C21H19F3N4O3S. The highest BCUT2D eigenvalue weighted by Crippen LogP contribution is 2.38. The molecule has 0 radical (unpaired) electrons. The summed E-state index contributed by atoms with van der Waals surface area (Å²) in [5, 5.41) is 2.78. The molecule has 11 heteroatoms. The van der Waals surface area contributed by atoms with E-state index in [4.69, 9.17) is 6.57 Å². The van der Waals surface area contributed by atoms with Crippen LogP contribution in [0.5, 0.6) is 5.75 Å². The van der Waals surface area contributed by atoms with Crippen molar-refractivity contribution in [3.05, 3.63) is 64.1 Å². The SMILES string of the molecule is [C-]#[N+]N=S(=O)(NC(=O)Nc1c2c(cc3c1CCC3)CCC2)c1cccc(OC(F)(F)F)c1. The summed E-state index contributed by atoms with van der Waals surface area (Å²) in [4.78, 5) is 15.3. The number of nitrogens with zero attached hydrogens (tertiary/aromatic N) is 2. The first-order valence-electron chi connectivity index (χ1n) is 9.92. The zero-order chi connectivity index (χ0) is 22.9. The van der Waals surface area contributed by atoms with Gasteiger partial charge in [0.05, 0.1) is 4.90 Å². The lowest BCUT2D eigenvalue weighted by Crippen LogP contribution is -2.34. The molecule has 1 unspecified atom stereocenters. The van der Waals surface area contributed by atoms with Gasteiger partial charge in [-0.05, 0) is 79.0 Å². The Hall–Kier alpha value is -3.26. The fraction of sp³-hybridized carbons (Fsp3) is 0.333. The number of halogens is 3. The lowest BCUT2D eigenvalue weighted by Gasteiger charge is -2.17. The summed E-state index contributed by atoms with van der Waals surface area (Å²) in [6.45, 7) is 6.97. The molecule has 168 valence electrons. The fourth-order valence-electron chi connectivity index (χ4n) is 4.26. The van der Waals surface area contributed by atoms with E-state index in [1.165, 1.54) is 23.3 Å². The van der Waals surface area contributed by atoms with Crippen LogP contribution < -0.4 is 14.8 Å². The van der Waals surface area contributed by atoms with Gasteiger partial charge in [-0.2, -0.15) is 6.57 Å². The third kappa shape index (κ3) is 4.50. The number of rotatable bonds is 4. The number of ether oxygens (including phenoxy) is 1. The number of fused-ring (bicyclic) bond motifs is 2. The first kappa shape index (κ1) is 22.0. The van der Waals surface area contributed by atoms with Gasteiger partial charge in [0, 0.05) is 5.69 Å². The maximum atomic E-state index is 13.3. The maximum absolute atomic E-state index is 13.3. The Morgan fingerprint density at radius 2 is 1.75 bits per heavy atom. The van der Waals surface area contributed by atoms with E-state index < -0.39 is 28.1 Å². The molecule has 0 saturated heterocycles. The smallest absolute Gasteiger partial charge is 0.406 e. The van der Waals surface area contributed by atoms with Crippen LogP contribution in [-0.4, -0.2) is 16.6 Å². The van der Waals surface area contributed by atoms with Crippen molar-refractivity contribution in [3.8, 4) is 5.75 Å². The van der Waals surface area contributed by atoms with Crippen molar-refractivity contribution in [3.63, 3.8) is 0 Å². The van der Waals surface area contributed by atoms with Crippen LogP contribution >= 0.6 is 0 Å². The largest absolute Gasteiger partial charge is 0.573 e. The monoisotopic (exact) mass is 464 g/mol. The molecule has 0 bridgehead atoms. The van der Waals surface area contributed by atoms with Gasteiger partial charge in [-0.25, -0.2) is 13.7 Å². The van der Waals surface area contributed by atoms with Crippen LogP contribution in [0.2, 0.25) is 0 Å². The van der Waals surface area contributed by atoms with E-state index in [9.17, 15) is 22.2 Å². The zero-order valence-electron chi connectivity index (χ0n) is 16.8.